The van der Waals surface area contributed by atoms with Crippen molar-refractivity contribution in [2.75, 3.05) is 26.0 Å². The number of carboxylic acids is 1. The summed E-state index contributed by atoms with van der Waals surface area (Å²) in [5.74, 6) is -1.41. The number of likely N-dealkylation sites (tertiary alicyclic amines) is 1. The Kier molecular flexibility index (Phi) is 5.06. The SMILES string of the molecule is COc1ccc2c(c1C(=O)O)O[B-](O)(O)[C@@H](SCC(=O)N1CC(N)C1)C2. The van der Waals surface area contributed by atoms with E-state index in [-0.39, 0.29) is 41.2 Å². The molecule has 1 aromatic carbocycles. The van der Waals surface area contributed by atoms with E-state index in [4.69, 9.17) is 15.1 Å². The van der Waals surface area contributed by atoms with Crippen molar-refractivity contribution >= 4 is 30.4 Å². The number of nitrogens with two attached hydrogens (primary N) is 1. The number of nitrogens with zero attached hydrogens (tertiary/aromatic N) is 1. The number of carboxylic acid groups (broad SMARTS) is 1. The maximum atomic E-state index is 12.1. The first-order valence-electron chi connectivity index (χ1n) is 8.09. The van der Waals surface area contributed by atoms with Gasteiger partial charge in [0, 0.05) is 19.1 Å². The molecular formula is C15H20BN2O7S-. The average molecular weight is 383 g/mol. The van der Waals surface area contributed by atoms with Crippen LogP contribution in [-0.2, 0) is 11.2 Å². The van der Waals surface area contributed by atoms with Crippen molar-refractivity contribution in [3.8, 4) is 11.5 Å². The Hall–Kier alpha value is -1.95. The Morgan fingerprint density at radius 2 is 2.12 bits per heavy atom. The molecule has 0 bridgehead atoms. The maximum absolute atomic E-state index is 12.1. The van der Waals surface area contributed by atoms with Crippen molar-refractivity contribution in [3.05, 3.63) is 23.3 Å². The highest BCUT2D eigenvalue weighted by atomic mass is 32.2. The Balaban J connectivity index is 1.77. The van der Waals surface area contributed by atoms with E-state index >= 15 is 0 Å². The van der Waals surface area contributed by atoms with Crippen molar-refractivity contribution in [2.45, 2.75) is 17.6 Å². The van der Waals surface area contributed by atoms with Crippen molar-refractivity contribution in [3.63, 3.8) is 0 Å². The van der Waals surface area contributed by atoms with Crippen molar-refractivity contribution < 1.29 is 34.1 Å². The second-order valence-electron chi connectivity index (χ2n) is 6.43. The number of benzene rings is 1. The molecule has 2 aliphatic rings. The summed E-state index contributed by atoms with van der Waals surface area (Å²) in [6.07, 6.45) is 0.157. The Morgan fingerprint density at radius 1 is 1.42 bits per heavy atom. The number of ether oxygens (including phenoxy) is 1. The van der Waals surface area contributed by atoms with Crippen molar-refractivity contribution in [2.24, 2.45) is 5.73 Å². The van der Waals surface area contributed by atoms with Crippen LogP contribution in [0.2, 0.25) is 0 Å². The third-order valence-electron chi connectivity index (χ3n) is 4.51. The van der Waals surface area contributed by atoms with Crippen molar-refractivity contribution in [1.29, 1.82) is 0 Å². The summed E-state index contributed by atoms with van der Waals surface area (Å²) >= 11 is 1.07. The second-order valence-corrected chi connectivity index (χ2v) is 7.65. The molecule has 0 spiro atoms. The van der Waals surface area contributed by atoms with Crippen molar-refractivity contribution in [1.82, 2.24) is 4.90 Å². The minimum absolute atomic E-state index is 0.00254. The summed E-state index contributed by atoms with van der Waals surface area (Å²) in [6, 6.07) is 3.11. The Morgan fingerprint density at radius 3 is 2.69 bits per heavy atom. The van der Waals surface area contributed by atoms with E-state index in [2.05, 4.69) is 0 Å². The number of aromatic carboxylic acids is 1. The Bertz CT molecular complexity index is 739. The molecule has 5 N–H and O–H groups in total. The molecule has 2 aliphatic heterocycles. The predicted molar refractivity (Wildman–Crippen MR) is 95.3 cm³/mol. The number of carbonyl (C=O) groups excluding carboxylic acids is 1. The largest absolute Gasteiger partial charge is 0.669 e. The lowest BCUT2D eigenvalue weighted by atomic mass is 9.69. The van der Waals surface area contributed by atoms with Crippen LogP contribution in [0.3, 0.4) is 0 Å². The summed E-state index contributed by atoms with van der Waals surface area (Å²) < 4.78 is 10.3. The number of hydrogen-bond donors (Lipinski definition) is 4. The smallest absolute Gasteiger partial charge is 0.443 e. The molecule has 0 saturated carbocycles. The van der Waals surface area contributed by atoms with Crippen LogP contribution in [0, 0.1) is 0 Å². The van der Waals surface area contributed by atoms with Gasteiger partial charge in [0.2, 0.25) is 5.91 Å². The van der Waals surface area contributed by atoms with Gasteiger partial charge in [0.25, 0.3) is 0 Å². The molecule has 1 saturated heterocycles. The van der Waals surface area contributed by atoms with Crippen LogP contribution in [0.5, 0.6) is 11.5 Å². The number of hydrogen-bond acceptors (Lipinski definition) is 8. The molecule has 9 nitrogen and oxygen atoms in total. The highest BCUT2D eigenvalue weighted by molar-refractivity contribution is 8.02. The zero-order valence-electron chi connectivity index (χ0n) is 14.1. The first kappa shape index (κ1) is 18.8. The molecule has 0 aromatic heterocycles. The van der Waals surface area contributed by atoms with E-state index in [1.807, 2.05) is 0 Å². The number of carbonyl (C=O) groups is 2. The molecule has 1 fully saturated rings. The van der Waals surface area contributed by atoms with Gasteiger partial charge in [-0.3, -0.25) is 4.79 Å². The highest BCUT2D eigenvalue weighted by Crippen LogP contribution is 2.40. The topological polar surface area (TPSA) is 143 Å². The standard InChI is InChI=1S/C15H20BN2O7S/c1-24-10-3-2-8-4-11(26-7-12(19)18-5-9(17)6-18)16(22,23)25-14(8)13(10)15(20)21/h2-3,9,11,22-23H,4-7,17H2,1H3,(H,20,21)/q-1/t11-/m0/s1. The van der Waals surface area contributed by atoms with Gasteiger partial charge in [-0.2, -0.15) is 11.8 Å². The van der Waals surface area contributed by atoms with Gasteiger partial charge in [0.15, 0.2) is 0 Å². The minimum Gasteiger partial charge on any atom is -0.669 e. The zero-order chi connectivity index (χ0) is 19.1. The lowest BCUT2D eigenvalue weighted by Gasteiger charge is -2.44. The summed E-state index contributed by atoms with van der Waals surface area (Å²) in [5, 5.41) is 29.2. The van der Waals surface area contributed by atoms with Gasteiger partial charge in [0.05, 0.1) is 18.6 Å². The van der Waals surface area contributed by atoms with Crippen LogP contribution in [0.15, 0.2) is 12.1 Å². The minimum atomic E-state index is -3.35. The normalized spacial score (nSPS) is 21.4. The van der Waals surface area contributed by atoms with E-state index in [1.165, 1.54) is 13.2 Å². The molecule has 1 aromatic rings. The first-order chi connectivity index (χ1) is 12.2. The van der Waals surface area contributed by atoms with E-state index < -0.39 is 17.9 Å². The van der Waals surface area contributed by atoms with Gasteiger partial charge in [-0.1, -0.05) is 6.07 Å². The van der Waals surface area contributed by atoms with Gasteiger partial charge >= 0.3 is 12.7 Å². The molecule has 0 aliphatic carbocycles. The number of fused-ring (bicyclic) bond motifs is 1. The van der Waals surface area contributed by atoms with E-state index in [9.17, 15) is 24.7 Å². The molecule has 3 rings (SSSR count). The van der Waals surface area contributed by atoms with Crippen LogP contribution in [0.1, 0.15) is 15.9 Å². The fourth-order valence-electron chi connectivity index (χ4n) is 3.07. The second kappa shape index (κ2) is 6.99. The van der Waals surface area contributed by atoms with Crippen LogP contribution < -0.4 is 15.1 Å². The lowest BCUT2D eigenvalue weighted by molar-refractivity contribution is -0.132. The monoisotopic (exact) mass is 383 g/mol. The number of thioether (sulfide) groups is 1. The Labute approximate surface area is 154 Å². The molecule has 0 unspecified atom stereocenters. The van der Waals surface area contributed by atoms with Gasteiger partial charge in [-0.15, -0.1) is 0 Å². The predicted octanol–water partition coefficient (Wildman–Crippen LogP) is -0.938. The molecule has 0 radical (unpaired) electrons. The van der Waals surface area contributed by atoms with E-state index in [0.29, 0.717) is 18.7 Å². The molecule has 2 heterocycles. The van der Waals surface area contributed by atoms with Crippen LogP contribution >= 0.6 is 11.8 Å². The average Bonchev–Trinajstić information content (AvgIpc) is 2.54. The van der Waals surface area contributed by atoms with E-state index in [0.717, 1.165) is 11.8 Å². The molecule has 11 heteroatoms. The lowest BCUT2D eigenvalue weighted by Crippen LogP contribution is -2.59. The third-order valence-corrected chi connectivity index (χ3v) is 5.88. The third kappa shape index (κ3) is 3.47. The number of amides is 1. The summed E-state index contributed by atoms with van der Waals surface area (Å²) in [4.78, 5) is 25.2. The molecular weight excluding hydrogens is 363 g/mol. The molecule has 1 amide bonds. The van der Waals surface area contributed by atoms with Crippen LogP contribution in [0.25, 0.3) is 0 Å². The summed E-state index contributed by atoms with van der Waals surface area (Å²) in [6.45, 7) is -2.35. The fourth-order valence-corrected chi connectivity index (χ4v) is 4.21. The summed E-state index contributed by atoms with van der Waals surface area (Å²) in [7, 11) is 1.32. The van der Waals surface area contributed by atoms with Gasteiger partial charge in [0.1, 0.15) is 11.3 Å². The van der Waals surface area contributed by atoms with E-state index in [1.54, 1.807) is 11.0 Å². The van der Waals surface area contributed by atoms with Crippen LogP contribution in [0.4, 0.5) is 0 Å². The maximum Gasteiger partial charge on any atom is 0.443 e. The highest BCUT2D eigenvalue weighted by Gasteiger charge is 2.42. The molecule has 1 atom stereocenters. The quantitative estimate of drug-likeness (QED) is 0.474. The fraction of sp³-hybridized carbons (Fsp3) is 0.467. The zero-order valence-corrected chi connectivity index (χ0v) is 14.9. The molecule has 142 valence electrons. The van der Waals surface area contributed by atoms with Gasteiger partial charge < -0.3 is 35.2 Å². The van der Waals surface area contributed by atoms with Crippen LogP contribution in [-0.4, -0.2) is 75.8 Å². The first-order valence-corrected chi connectivity index (χ1v) is 9.14. The molecule has 26 heavy (non-hydrogen) atoms. The van der Waals surface area contributed by atoms with Gasteiger partial charge in [-0.05, 0) is 23.2 Å². The summed E-state index contributed by atoms with van der Waals surface area (Å²) in [5.41, 5.74) is 5.91. The van der Waals surface area contributed by atoms with Gasteiger partial charge in [-0.25, -0.2) is 4.79 Å². The number of rotatable bonds is 5. The number of methoxy groups -OCH3 is 1.